The number of esters is 1. The van der Waals surface area contributed by atoms with Gasteiger partial charge >= 0.3 is 5.97 Å². The summed E-state index contributed by atoms with van der Waals surface area (Å²) in [6.45, 7) is 3.31. The first-order chi connectivity index (χ1) is 12.0. The van der Waals surface area contributed by atoms with Crippen LogP contribution in [-0.2, 0) is 14.8 Å². The van der Waals surface area contributed by atoms with E-state index in [2.05, 4.69) is 11.3 Å². The zero-order chi connectivity index (χ0) is 17.9. The fourth-order valence-electron chi connectivity index (χ4n) is 2.38. The number of fused-ring (bicyclic) bond motifs is 1. The molecule has 0 saturated heterocycles. The Bertz CT molecular complexity index is 1050. The molecule has 0 atom stereocenters. The molecule has 3 aromatic rings. The number of carbonyl (C=O) groups excluding carboxylic acids is 1. The second kappa shape index (κ2) is 6.78. The smallest absolute Gasteiger partial charge is 0.335 e. The number of hydrogen-bond donors (Lipinski definition) is 1. The van der Waals surface area contributed by atoms with Crippen molar-refractivity contribution in [3.63, 3.8) is 0 Å². The first-order valence-corrected chi connectivity index (χ1v) is 8.93. The molecule has 25 heavy (non-hydrogen) atoms. The molecule has 0 spiro atoms. The molecule has 1 N–H and O–H groups in total. The number of nitrogens with one attached hydrogen (secondary N) is 1. The van der Waals surface area contributed by atoms with E-state index < -0.39 is 16.0 Å². The number of benzene rings is 3. The van der Waals surface area contributed by atoms with Crippen LogP contribution in [0.2, 0.25) is 0 Å². The van der Waals surface area contributed by atoms with Crippen molar-refractivity contribution in [2.75, 3.05) is 4.72 Å². The van der Waals surface area contributed by atoms with Crippen molar-refractivity contribution >= 4 is 32.5 Å². The standard InChI is InChI=1S/C19H15NO4S/c1-2-19(21)24-15-9-6-10-16(13-15)25(22,23)20-18-12-5-8-14-7-3-4-11-17(14)18/h2-13,20H,1H2. The third-order valence-corrected chi connectivity index (χ3v) is 4.90. The number of hydrogen-bond acceptors (Lipinski definition) is 4. The van der Waals surface area contributed by atoms with Gasteiger partial charge in [-0.2, -0.15) is 0 Å². The molecule has 0 saturated carbocycles. The van der Waals surface area contributed by atoms with Crippen LogP contribution in [0.1, 0.15) is 0 Å². The SMILES string of the molecule is C=CC(=O)Oc1cccc(S(=O)(=O)Nc2cccc3ccccc23)c1. The van der Waals surface area contributed by atoms with Gasteiger partial charge in [0.05, 0.1) is 10.6 Å². The third-order valence-electron chi connectivity index (χ3n) is 3.53. The molecule has 0 aliphatic heterocycles. The summed E-state index contributed by atoms with van der Waals surface area (Å²) in [6, 6.07) is 18.6. The first kappa shape index (κ1) is 16.7. The van der Waals surface area contributed by atoms with Gasteiger partial charge in [0, 0.05) is 17.5 Å². The molecule has 0 amide bonds. The predicted molar refractivity (Wildman–Crippen MR) is 97.0 cm³/mol. The zero-order valence-electron chi connectivity index (χ0n) is 13.2. The summed E-state index contributed by atoms with van der Waals surface area (Å²) in [5.74, 6) is -0.526. The summed E-state index contributed by atoms with van der Waals surface area (Å²) in [5.41, 5.74) is 0.478. The molecule has 0 heterocycles. The molecule has 5 nitrogen and oxygen atoms in total. The Kier molecular flexibility index (Phi) is 4.54. The van der Waals surface area contributed by atoms with Crippen LogP contribution >= 0.6 is 0 Å². The molecular formula is C19H15NO4S. The molecule has 0 aromatic heterocycles. The van der Waals surface area contributed by atoms with Crippen molar-refractivity contribution in [1.29, 1.82) is 0 Å². The number of carbonyl (C=O) groups is 1. The maximum Gasteiger partial charge on any atom is 0.335 e. The Hall–Kier alpha value is -3.12. The highest BCUT2D eigenvalue weighted by molar-refractivity contribution is 7.92. The molecule has 3 rings (SSSR count). The van der Waals surface area contributed by atoms with E-state index >= 15 is 0 Å². The summed E-state index contributed by atoms with van der Waals surface area (Å²) in [4.78, 5) is 11.3. The maximum absolute atomic E-state index is 12.7. The number of ether oxygens (including phenoxy) is 1. The average molecular weight is 353 g/mol. The van der Waals surface area contributed by atoms with Crippen molar-refractivity contribution in [2.24, 2.45) is 0 Å². The van der Waals surface area contributed by atoms with Crippen LogP contribution in [0, 0.1) is 0 Å². The Labute approximate surface area is 145 Å². The van der Waals surface area contributed by atoms with Gasteiger partial charge in [-0.05, 0) is 23.6 Å². The van der Waals surface area contributed by atoms with Crippen LogP contribution in [0.3, 0.4) is 0 Å². The molecule has 0 aliphatic carbocycles. The zero-order valence-corrected chi connectivity index (χ0v) is 14.0. The van der Waals surface area contributed by atoms with E-state index in [1.165, 1.54) is 24.3 Å². The van der Waals surface area contributed by atoms with Gasteiger partial charge in [-0.1, -0.05) is 49.0 Å². The van der Waals surface area contributed by atoms with Gasteiger partial charge < -0.3 is 4.74 Å². The summed E-state index contributed by atoms with van der Waals surface area (Å²) in [5, 5.41) is 1.72. The third kappa shape index (κ3) is 3.70. The Morgan fingerprint density at radius 3 is 2.52 bits per heavy atom. The fourth-order valence-corrected chi connectivity index (χ4v) is 3.50. The average Bonchev–Trinajstić information content (AvgIpc) is 2.62. The van der Waals surface area contributed by atoms with Crippen molar-refractivity contribution in [1.82, 2.24) is 0 Å². The van der Waals surface area contributed by atoms with Gasteiger partial charge in [-0.25, -0.2) is 13.2 Å². The lowest BCUT2D eigenvalue weighted by atomic mass is 10.1. The van der Waals surface area contributed by atoms with Crippen LogP contribution < -0.4 is 9.46 Å². The van der Waals surface area contributed by atoms with E-state index in [9.17, 15) is 13.2 Å². The van der Waals surface area contributed by atoms with Crippen molar-refractivity contribution in [2.45, 2.75) is 4.90 Å². The largest absolute Gasteiger partial charge is 0.423 e. The van der Waals surface area contributed by atoms with Crippen LogP contribution in [0.25, 0.3) is 10.8 Å². The number of sulfonamides is 1. The molecule has 3 aromatic carbocycles. The van der Waals surface area contributed by atoms with Gasteiger partial charge in [0.1, 0.15) is 5.75 Å². The van der Waals surface area contributed by atoms with Gasteiger partial charge in [-0.3, -0.25) is 4.72 Å². The summed E-state index contributed by atoms with van der Waals surface area (Å²) < 4.78 is 32.9. The fraction of sp³-hybridized carbons (Fsp3) is 0. The highest BCUT2D eigenvalue weighted by atomic mass is 32.2. The van der Waals surface area contributed by atoms with Gasteiger partial charge in [0.15, 0.2) is 0 Å². The van der Waals surface area contributed by atoms with E-state index in [-0.39, 0.29) is 10.6 Å². The van der Waals surface area contributed by atoms with E-state index in [0.29, 0.717) is 5.69 Å². The van der Waals surface area contributed by atoms with Crippen LogP contribution in [0.4, 0.5) is 5.69 Å². The summed E-state index contributed by atoms with van der Waals surface area (Å²) in [7, 11) is -3.84. The number of rotatable bonds is 5. The molecular weight excluding hydrogens is 338 g/mol. The lowest BCUT2D eigenvalue weighted by Crippen LogP contribution is -2.13. The molecule has 0 radical (unpaired) electrons. The number of anilines is 1. The van der Waals surface area contributed by atoms with Gasteiger partial charge in [-0.15, -0.1) is 0 Å². The normalized spacial score (nSPS) is 11.0. The molecule has 0 fully saturated rings. The van der Waals surface area contributed by atoms with E-state index in [1.807, 2.05) is 30.3 Å². The predicted octanol–water partition coefficient (Wildman–Crippen LogP) is 3.73. The highest BCUT2D eigenvalue weighted by Crippen LogP contribution is 2.26. The summed E-state index contributed by atoms with van der Waals surface area (Å²) in [6.07, 6.45) is 1.01. The minimum Gasteiger partial charge on any atom is -0.423 e. The minimum atomic E-state index is -3.84. The van der Waals surface area contributed by atoms with E-state index in [1.54, 1.807) is 12.1 Å². The Morgan fingerprint density at radius 1 is 1.00 bits per heavy atom. The Balaban J connectivity index is 1.95. The molecule has 126 valence electrons. The quantitative estimate of drug-likeness (QED) is 0.431. The van der Waals surface area contributed by atoms with Crippen molar-refractivity contribution in [3.8, 4) is 5.75 Å². The molecule has 0 bridgehead atoms. The molecule has 0 unspecified atom stereocenters. The van der Waals surface area contributed by atoms with Crippen LogP contribution in [0.15, 0.2) is 84.3 Å². The Morgan fingerprint density at radius 2 is 1.72 bits per heavy atom. The maximum atomic E-state index is 12.7. The van der Waals surface area contributed by atoms with E-state index in [0.717, 1.165) is 16.8 Å². The lowest BCUT2D eigenvalue weighted by molar-refractivity contribution is -0.128. The first-order valence-electron chi connectivity index (χ1n) is 7.44. The van der Waals surface area contributed by atoms with Crippen molar-refractivity contribution < 1.29 is 17.9 Å². The topological polar surface area (TPSA) is 72.5 Å². The second-order valence-corrected chi connectivity index (χ2v) is 6.91. The van der Waals surface area contributed by atoms with Gasteiger partial charge in [0.25, 0.3) is 10.0 Å². The van der Waals surface area contributed by atoms with Crippen molar-refractivity contribution in [3.05, 3.63) is 79.4 Å². The monoisotopic (exact) mass is 353 g/mol. The minimum absolute atomic E-state index is 0.00482. The molecule has 0 aliphatic rings. The van der Waals surface area contributed by atoms with Gasteiger partial charge in [0.2, 0.25) is 0 Å². The van der Waals surface area contributed by atoms with Crippen LogP contribution in [0.5, 0.6) is 5.75 Å². The highest BCUT2D eigenvalue weighted by Gasteiger charge is 2.16. The van der Waals surface area contributed by atoms with E-state index in [4.69, 9.17) is 4.74 Å². The van der Waals surface area contributed by atoms with Crippen LogP contribution in [-0.4, -0.2) is 14.4 Å². The second-order valence-electron chi connectivity index (χ2n) is 5.23. The summed E-state index contributed by atoms with van der Waals surface area (Å²) >= 11 is 0. The lowest BCUT2D eigenvalue weighted by Gasteiger charge is -2.11. The molecule has 6 heteroatoms.